The van der Waals surface area contributed by atoms with Gasteiger partial charge in [0.1, 0.15) is 12.7 Å². The standard InChI is InChI=1S/C9H15NO4/c1-5(2)7-4-14-9(13)10(7)8(12)6(3)11/h5-7,11H,4H2,1-3H3/t6-,7+/m0/s1. The second kappa shape index (κ2) is 3.96. The highest BCUT2D eigenvalue weighted by Gasteiger charge is 2.40. The minimum atomic E-state index is -1.16. The summed E-state index contributed by atoms with van der Waals surface area (Å²) in [5.41, 5.74) is 0. The molecule has 0 spiro atoms. The first-order valence-electron chi connectivity index (χ1n) is 4.63. The molecule has 0 radical (unpaired) electrons. The number of ether oxygens (including phenoxy) is 1. The van der Waals surface area contributed by atoms with E-state index in [1.165, 1.54) is 6.92 Å². The van der Waals surface area contributed by atoms with E-state index in [0.29, 0.717) is 0 Å². The molecule has 1 heterocycles. The second-order valence-corrected chi connectivity index (χ2v) is 3.77. The number of hydrogen-bond acceptors (Lipinski definition) is 4. The molecule has 80 valence electrons. The average molecular weight is 201 g/mol. The molecule has 2 amide bonds. The molecule has 0 aliphatic carbocycles. The van der Waals surface area contributed by atoms with Crippen LogP contribution in [0.15, 0.2) is 0 Å². The lowest BCUT2D eigenvalue weighted by Crippen LogP contribution is -2.45. The zero-order chi connectivity index (χ0) is 10.9. The van der Waals surface area contributed by atoms with Gasteiger partial charge in [0.2, 0.25) is 0 Å². The van der Waals surface area contributed by atoms with Gasteiger partial charge in [-0.15, -0.1) is 0 Å². The van der Waals surface area contributed by atoms with Crippen LogP contribution in [-0.2, 0) is 9.53 Å². The fourth-order valence-corrected chi connectivity index (χ4v) is 1.38. The number of aliphatic hydroxyl groups excluding tert-OH is 1. The molecular weight excluding hydrogens is 186 g/mol. The molecule has 0 aromatic carbocycles. The van der Waals surface area contributed by atoms with Gasteiger partial charge in [-0.2, -0.15) is 0 Å². The number of cyclic esters (lactones) is 1. The number of amides is 2. The third kappa shape index (κ3) is 1.87. The lowest BCUT2D eigenvalue weighted by molar-refractivity contribution is -0.137. The number of imide groups is 1. The van der Waals surface area contributed by atoms with Crippen LogP contribution in [0.1, 0.15) is 20.8 Å². The molecule has 0 saturated carbocycles. The van der Waals surface area contributed by atoms with E-state index in [2.05, 4.69) is 0 Å². The van der Waals surface area contributed by atoms with Gasteiger partial charge < -0.3 is 9.84 Å². The third-order valence-electron chi connectivity index (χ3n) is 2.27. The first-order chi connectivity index (χ1) is 6.45. The van der Waals surface area contributed by atoms with Gasteiger partial charge in [0, 0.05) is 0 Å². The zero-order valence-electron chi connectivity index (χ0n) is 8.56. The number of carbonyl (C=O) groups excluding carboxylic acids is 2. The zero-order valence-corrected chi connectivity index (χ0v) is 8.56. The Bertz CT molecular complexity index is 249. The van der Waals surface area contributed by atoms with Crippen molar-refractivity contribution in [2.24, 2.45) is 5.92 Å². The maximum absolute atomic E-state index is 11.4. The summed E-state index contributed by atoms with van der Waals surface area (Å²) in [5, 5.41) is 9.10. The number of nitrogens with zero attached hydrogens (tertiary/aromatic N) is 1. The molecular formula is C9H15NO4. The van der Waals surface area contributed by atoms with E-state index in [1.807, 2.05) is 13.8 Å². The molecule has 2 atom stereocenters. The van der Waals surface area contributed by atoms with E-state index in [-0.39, 0.29) is 18.6 Å². The average Bonchev–Trinajstić information content (AvgIpc) is 2.45. The lowest BCUT2D eigenvalue weighted by atomic mass is 10.0. The number of carbonyl (C=O) groups is 2. The Kier molecular flexibility index (Phi) is 3.10. The monoisotopic (exact) mass is 201 g/mol. The Morgan fingerprint density at radius 1 is 1.57 bits per heavy atom. The highest BCUT2D eigenvalue weighted by Crippen LogP contribution is 2.20. The van der Waals surface area contributed by atoms with Crippen molar-refractivity contribution in [3.63, 3.8) is 0 Å². The fraction of sp³-hybridized carbons (Fsp3) is 0.778. The van der Waals surface area contributed by atoms with Crippen LogP contribution < -0.4 is 0 Å². The van der Waals surface area contributed by atoms with Crippen molar-refractivity contribution in [2.45, 2.75) is 32.9 Å². The predicted octanol–water partition coefficient (Wildman–Crippen LogP) is 0.371. The molecule has 5 heteroatoms. The number of rotatable bonds is 2. The van der Waals surface area contributed by atoms with Crippen LogP contribution in [-0.4, -0.2) is 40.8 Å². The molecule has 0 bridgehead atoms. The van der Waals surface area contributed by atoms with Crippen molar-refractivity contribution >= 4 is 12.0 Å². The third-order valence-corrected chi connectivity index (χ3v) is 2.27. The topological polar surface area (TPSA) is 66.8 Å². The van der Waals surface area contributed by atoms with Gasteiger partial charge >= 0.3 is 6.09 Å². The number of hydrogen-bond donors (Lipinski definition) is 1. The lowest BCUT2D eigenvalue weighted by Gasteiger charge is -2.23. The highest BCUT2D eigenvalue weighted by molar-refractivity contribution is 5.95. The van der Waals surface area contributed by atoms with Crippen LogP contribution in [0.25, 0.3) is 0 Å². The molecule has 14 heavy (non-hydrogen) atoms. The molecule has 1 aliphatic rings. The van der Waals surface area contributed by atoms with Crippen molar-refractivity contribution in [3.8, 4) is 0 Å². The van der Waals surface area contributed by atoms with Crippen LogP contribution >= 0.6 is 0 Å². The Labute approximate surface area is 82.6 Å². The van der Waals surface area contributed by atoms with Crippen molar-refractivity contribution in [3.05, 3.63) is 0 Å². The van der Waals surface area contributed by atoms with Crippen molar-refractivity contribution < 1.29 is 19.4 Å². The first kappa shape index (κ1) is 11.0. The smallest absolute Gasteiger partial charge is 0.417 e. The summed E-state index contributed by atoms with van der Waals surface area (Å²) in [7, 11) is 0. The molecule has 0 aromatic rings. The maximum atomic E-state index is 11.4. The SMILES string of the molecule is CC(C)[C@H]1COC(=O)N1C(=O)[C@H](C)O. The predicted molar refractivity (Wildman–Crippen MR) is 48.5 cm³/mol. The van der Waals surface area contributed by atoms with E-state index in [1.54, 1.807) is 0 Å². The van der Waals surface area contributed by atoms with Crippen LogP contribution in [0.5, 0.6) is 0 Å². The summed E-state index contributed by atoms with van der Waals surface area (Å²) in [4.78, 5) is 23.7. The van der Waals surface area contributed by atoms with E-state index < -0.39 is 18.1 Å². The van der Waals surface area contributed by atoms with E-state index in [4.69, 9.17) is 9.84 Å². The highest BCUT2D eigenvalue weighted by atomic mass is 16.6. The largest absolute Gasteiger partial charge is 0.447 e. The summed E-state index contributed by atoms with van der Waals surface area (Å²) in [5.74, 6) is -0.463. The van der Waals surface area contributed by atoms with Gasteiger partial charge in [-0.3, -0.25) is 4.79 Å². The molecule has 1 fully saturated rings. The molecule has 1 saturated heterocycles. The fourth-order valence-electron chi connectivity index (χ4n) is 1.38. The normalized spacial score (nSPS) is 23.9. The molecule has 0 unspecified atom stereocenters. The van der Waals surface area contributed by atoms with Gasteiger partial charge in [-0.05, 0) is 12.8 Å². The summed E-state index contributed by atoms with van der Waals surface area (Å²) in [6.07, 6.45) is -1.82. The maximum Gasteiger partial charge on any atom is 0.417 e. The summed E-state index contributed by atoms with van der Waals surface area (Å²) >= 11 is 0. The minimum Gasteiger partial charge on any atom is -0.447 e. The van der Waals surface area contributed by atoms with Crippen LogP contribution in [0.4, 0.5) is 4.79 Å². The minimum absolute atomic E-state index is 0.129. The van der Waals surface area contributed by atoms with Gasteiger partial charge in [-0.25, -0.2) is 9.69 Å². The molecule has 1 N–H and O–H groups in total. The molecule has 1 aliphatic heterocycles. The van der Waals surface area contributed by atoms with E-state index >= 15 is 0 Å². The van der Waals surface area contributed by atoms with Crippen LogP contribution in [0, 0.1) is 5.92 Å². The van der Waals surface area contributed by atoms with Gasteiger partial charge in [0.25, 0.3) is 5.91 Å². The van der Waals surface area contributed by atoms with Gasteiger partial charge in [0.15, 0.2) is 0 Å². The van der Waals surface area contributed by atoms with Crippen LogP contribution in [0.3, 0.4) is 0 Å². The van der Waals surface area contributed by atoms with Gasteiger partial charge in [0.05, 0.1) is 6.04 Å². The Morgan fingerprint density at radius 2 is 2.14 bits per heavy atom. The number of aliphatic hydroxyl groups is 1. The molecule has 5 nitrogen and oxygen atoms in total. The van der Waals surface area contributed by atoms with Crippen LogP contribution in [0.2, 0.25) is 0 Å². The Hall–Kier alpha value is -1.10. The quantitative estimate of drug-likeness (QED) is 0.701. The molecule has 0 aromatic heterocycles. The summed E-state index contributed by atoms with van der Waals surface area (Å²) < 4.78 is 4.77. The van der Waals surface area contributed by atoms with E-state index in [9.17, 15) is 9.59 Å². The van der Waals surface area contributed by atoms with Crippen molar-refractivity contribution in [2.75, 3.05) is 6.61 Å². The van der Waals surface area contributed by atoms with Crippen molar-refractivity contribution in [1.29, 1.82) is 0 Å². The van der Waals surface area contributed by atoms with Gasteiger partial charge in [-0.1, -0.05) is 13.8 Å². The summed E-state index contributed by atoms with van der Waals surface area (Å²) in [6, 6.07) is -0.260. The van der Waals surface area contributed by atoms with Crippen molar-refractivity contribution in [1.82, 2.24) is 4.90 Å². The van der Waals surface area contributed by atoms with E-state index in [0.717, 1.165) is 4.90 Å². The molecule has 1 rings (SSSR count). The first-order valence-corrected chi connectivity index (χ1v) is 4.63. The Balaban J connectivity index is 2.82. The second-order valence-electron chi connectivity index (χ2n) is 3.77. The Morgan fingerprint density at radius 3 is 2.57 bits per heavy atom. The summed E-state index contributed by atoms with van der Waals surface area (Å²) in [6.45, 7) is 5.35.